The van der Waals surface area contributed by atoms with Crippen LogP contribution < -0.4 is 0 Å². The van der Waals surface area contributed by atoms with E-state index in [2.05, 4.69) is 44.7 Å². The highest BCUT2D eigenvalue weighted by Gasteiger charge is 2.28. The monoisotopic (exact) mass is 336 g/mol. The standard InChI is InChI=1S/C19H24N6/c1-2-10-23-13-9-21-19(23)14-24-11-4-6-17(24)16-5-3-7-18(22-16)25-12-8-20-15-25/h3,5,7-9,12-13,15,17H,2,4,6,10-11,14H2,1H3. The number of likely N-dealkylation sites (tertiary alicyclic amines) is 1. The van der Waals surface area contributed by atoms with Crippen LogP contribution in [0.2, 0.25) is 0 Å². The predicted molar refractivity (Wildman–Crippen MR) is 96.3 cm³/mol. The van der Waals surface area contributed by atoms with Crippen LogP contribution >= 0.6 is 0 Å². The van der Waals surface area contributed by atoms with Crippen LogP contribution in [0.15, 0.2) is 49.3 Å². The van der Waals surface area contributed by atoms with Crippen LogP contribution in [0.5, 0.6) is 0 Å². The molecule has 130 valence electrons. The summed E-state index contributed by atoms with van der Waals surface area (Å²) >= 11 is 0. The molecule has 1 unspecified atom stereocenters. The quantitative estimate of drug-likeness (QED) is 0.693. The second kappa shape index (κ2) is 7.19. The number of rotatable bonds is 6. The topological polar surface area (TPSA) is 51.8 Å². The predicted octanol–water partition coefficient (Wildman–Crippen LogP) is 3.21. The van der Waals surface area contributed by atoms with Gasteiger partial charge in [0, 0.05) is 31.3 Å². The Morgan fingerprint density at radius 1 is 1.20 bits per heavy atom. The van der Waals surface area contributed by atoms with Gasteiger partial charge in [-0.1, -0.05) is 13.0 Å². The lowest BCUT2D eigenvalue weighted by molar-refractivity contribution is 0.234. The van der Waals surface area contributed by atoms with Gasteiger partial charge in [-0.2, -0.15) is 0 Å². The molecule has 1 saturated heterocycles. The van der Waals surface area contributed by atoms with Gasteiger partial charge in [-0.05, 0) is 37.9 Å². The molecule has 0 bridgehead atoms. The Labute approximate surface area is 148 Å². The third-order valence-corrected chi connectivity index (χ3v) is 4.84. The number of nitrogens with zero attached hydrogens (tertiary/aromatic N) is 6. The molecule has 6 nitrogen and oxygen atoms in total. The van der Waals surface area contributed by atoms with Gasteiger partial charge in [0.15, 0.2) is 0 Å². The van der Waals surface area contributed by atoms with E-state index in [1.54, 1.807) is 12.5 Å². The average molecular weight is 336 g/mol. The number of aryl methyl sites for hydroxylation is 1. The van der Waals surface area contributed by atoms with Gasteiger partial charge < -0.3 is 4.57 Å². The molecule has 0 amide bonds. The molecule has 6 heteroatoms. The summed E-state index contributed by atoms with van der Waals surface area (Å²) in [6.07, 6.45) is 13.0. The first-order valence-corrected chi connectivity index (χ1v) is 9.04. The summed E-state index contributed by atoms with van der Waals surface area (Å²) in [5, 5.41) is 0. The number of hydrogen-bond acceptors (Lipinski definition) is 4. The van der Waals surface area contributed by atoms with Crippen molar-refractivity contribution in [2.75, 3.05) is 6.54 Å². The number of aromatic nitrogens is 5. The highest BCUT2D eigenvalue weighted by molar-refractivity contribution is 5.26. The molecular weight excluding hydrogens is 312 g/mol. The van der Waals surface area contributed by atoms with E-state index in [-0.39, 0.29) is 0 Å². The van der Waals surface area contributed by atoms with Crippen LogP contribution in [-0.2, 0) is 13.1 Å². The lowest BCUT2D eigenvalue weighted by Crippen LogP contribution is -2.25. The molecule has 1 fully saturated rings. The van der Waals surface area contributed by atoms with Gasteiger partial charge >= 0.3 is 0 Å². The van der Waals surface area contributed by atoms with Crippen LogP contribution in [0.4, 0.5) is 0 Å². The van der Waals surface area contributed by atoms with E-state index in [9.17, 15) is 0 Å². The average Bonchev–Trinajstić information content (AvgIpc) is 3.38. The van der Waals surface area contributed by atoms with E-state index in [4.69, 9.17) is 4.98 Å². The van der Waals surface area contributed by atoms with Crippen LogP contribution in [0.3, 0.4) is 0 Å². The van der Waals surface area contributed by atoms with Crippen molar-refractivity contribution < 1.29 is 0 Å². The third-order valence-electron chi connectivity index (χ3n) is 4.84. The Kier molecular flexibility index (Phi) is 4.61. The minimum atomic E-state index is 0.357. The molecule has 0 aromatic carbocycles. The molecule has 4 rings (SSSR count). The first-order valence-electron chi connectivity index (χ1n) is 9.04. The maximum absolute atomic E-state index is 4.89. The van der Waals surface area contributed by atoms with Gasteiger partial charge in [-0.3, -0.25) is 9.47 Å². The Bertz CT molecular complexity index is 807. The van der Waals surface area contributed by atoms with E-state index in [0.29, 0.717) is 6.04 Å². The summed E-state index contributed by atoms with van der Waals surface area (Å²) < 4.78 is 4.22. The van der Waals surface area contributed by atoms with Gasteiger partial charge in [0.1, 0.15) is 18.0 Å². The zero-order valence-corrected chi connectivity index (χ0v) is 14.6. The molecule has 25 heavy (non-hydrogen) atoms. The highest BCUT2D eigenvalue weighted by atomic mass is 15.2. The molecule has 1 atom stereocenters. The number of hydrogen-bond donors (Lipinski definition) is 0. The largest absolute Gasteiger partial charge is 0.334 e. The lowest BCUT2D eigenvalue weighted by atomic mass is 10.1. The second-order valence-electron chi connectivity index (χ2n) is 6.56. The molecular formula is C19H24N6. The normalized spacial score (nSPS) is 18.0. The molecule has 3 aromatic rings. The zero-order chi connectivity index (χ0) is 17.1. The minimum absolute atomic E-state index is 0.357. The first kappa shape index (κ1) is 16.0. The summed E-state index contributed by atoms with van der Waals surface area (Å²) in [5.41, 5.74) is 1.14. The smallest absolute Gasteiger partial charge is 0.138 e. The Morgan fingerprint density at radius 3 is 3.00 bits per heavy atom. The first-order chi connectivity index (χ1) is 12.3. The van der Waals surface area contributed by atoms with E-state index in [1.807, 2.05) is 23.0 Å². The maximum atomic E-state index is 4.89. The molecule has 1 aliphatic heterocycles. The SMILES string of the molecule is CCCn1ccnc1CN1CCCC1c1cccc(-n2ccnc2)n1. The van der Waals surface area contributed by atoms with Gasteiger partial charge in [0.05, 0.1) is 18.3 Å². The van der Waals surface area contributed by atoms with E-state index >= 15 is 0 Å². The van der Waals surface area contributed by atoms with Crippen LogP contribution in [-0.4, -0.2) is 35.5 Å². The second-order valence-corrected chi connectivity index (χ2v) is 6.56. The van der Waals surface area contributed by atoms with Gasteiger partial charge in [-0.15, -0.1) is 0 Å². The van der Waals surface area contributed by atoms with Crippen molar-refractivity contribution in [3.8, 4) is 5.82 Å². The van der Waals surface area contributed by atoms with Gasteiger partial charge in [-0.25, -0.2) is 15.0 Å². The van der Waals surface area contributed by atoms with Crippen molar-refractivity contribution in [1.82, 2.24) is 29.0 Å². The van der Waals surface area contributed by atoms with Crippen LogP contribution in [0.1, 0.15) is 43.7 Å². The molecule has 3 aromatic heterocycles. The number of pyridine rings is 1. The third kappa shape index (κ3) is 3.35. The van der Waals surface area contributed by atoms with Gasteiger partial charge in [0.25, 0.3) is 0 Å². The summed E-state index contributed by atoms with van der Waals surface area (Å²) in [6, 6.07) is 6.61. The molecule has 0 radical (unpaired) electrons. The summed E-state index contributed by atoms with van der Waals surface area (Å²) in [6.45, 7) is 5.21. The Morgan fingerprint density at radius 2 is 2.16 bits per heavy atom. The molecule has 0 aliphatic carbocycles. The lowest BCUT2D eigenvalue weighted by Gasteiger charge is -2.24. The maximum Gasteiger partial charge on any atom is 0.138 e. The van der Waals surface area contributed by atoms with Crippen LogP contribution in [0.25, 0.3) is 5.82 Å². The van der Waals surface area contributed by atoms with Crippen molar-refractivity contribution in [2.45, 2.75) is 45.3 Å². The summed E-state index contributed by atoms with van der Waals surface area (Å²) in [5.74, 6) is 2.08. The molecule has 0 saturated carbocycles. The Balaban J connectivity index is 1.55. The van der Waals surface area contributed by atoms with Gasteiger partial charge in [0.2, 0.25) is 0 Å². The van der Waals surface area contributed by atoms with Crippen molar-refractivity contribution in [2.24, 2.45) is 0 Å². The highest BCUT2D eigenvalue weighted by Crippen LogP contribution is 2.32. The fraction of sp³-hybridized carbons (Fsp3) is 0.421. The summed E-state index contributed by atoms with van der Waals surface area (Å²) in [7, 11) is 0. The molecule has 1 aliphatic rings. The minimum Gasteiger partial charge on any atom is -0.334 e. The summed E-state index contributed by atoms with van der Waals surface area (Å²) in [4.78, 5) is 16.1. The van der Waals surface area contributed by atoms with E-state index in [0.717, 1.165) is 49.8 Å². The van der Waals surface area contributed by atoms with Crippen molar-refractivity contribution >= 4 is 0 Å². The van der Waals surface area contributed by atoms with Crippen molar-refractivity contribution in [1.29, 1.82) is 0 Å². The molecule has 0 spiro atoms. The van der Waals surface area contributed by atoms with Crippen LogP contribution in [0, 0.1) is 0 Å². The van der Waals surface area contributed by atoms with Crippen molar-refractivity contribution in [3.63, 3.8) is 0 Å². The molecule has 0 N–H and O–H groups in total. The Hall–Kier alpha value is -2.47. The zero-order valence-electron chi connectivity index (χ0n) is 14.6. The fourth-order valence-electron chi connectivity index (χ4n) is 3.63. The number of imidazole rings is 2. The van der Waals surface area contributed by atoms with E-state index in [1.165, 1.54) is 6.42 Å². The molecule has 4 heterocycles. The fourth-order valence-corrected chi connectivity index (χ4v) is 3.63. The van der Waals surface area contributed by atoms with E-state index < -0.39 is 0 Å². The van der Waals surface area contributed by atoms with Crippen molar-refractivity contribution in [3.05, 3.63) is 60.8 Å².